The average molecular weight is 322 g/mol. The van der Waals surface area contributed by atoms with Gasteiger partial charge < -0.3 is 9.88 Å². The van der Waals surface area contributed by atoms with Gasteiger partial charge >= 0.3 is 0 Å². The summed E-state index contributed by atoms with van der Waals surface area (Å²) in [6.45, 7) is 7.26. The van der Waals surface area contributed by atoms with E-state index in [4.69, 9.17) is 0 Å². The molecule has 4 heteroatoms. The number of benzene rings is 2. The smallest absolute Gasteiger partial charge is 0.258 e. The topological polar surface area (TPSA) is 50.2 Å². The van der Waals surface area contributed by atoms with Gasteiger partial charge in [0.2, 0.25) is 0 Å². The van der Waals surface area contributed by atoms with E-state index in [2.05, 4.69) is 56.0 Å². The molecule has 2 N–H and O–H groups in total. The number of hydrogen-bond acceptors (Lipinski definition) is 2. The van der Waals surface area contributed by atoms with Crippen LogP contribution in [0.3, 0.4) is 0 Å². The van der Waals surface area contributed by atoms with E-state index >= 15 is 0 Å². The van der Waals surface area contributed by atoms with Crippen LogP contribution in [0.15, 0.2) is 47.3 Å². The van der Waals surface area contributed by atoms with Crippen molar-refractivity contribution >= 4 is 10.9 Å². The second-order valence-corrected chi connectivity index (χ2v) is 6.64. The van der Waals surface area contributed by atoms with Crippen molar-refractivity contribution in [2.75, 3.05) is 7.05 Å². The number of H-pyrrole nitrogens is 1. The van der Waals surface area contributed by atoms with Crippen LogP contribution in [0, 0.1) is 13.8 Å². The molecule has 3 rings (SSSR count). The highest BCUT2D eigenvalue weighted by Crippen LogP contribution is 2.11. The molecule has 2 aromatic carbocycles. The van der Waals surface area contributed by atoms with E-state index in [1.54, 1.807) is 0 Å². The molecule has 24 heavy (non-hydrogen) atoms. The van der Waals surface area contributed by atoms with E-state index in [1.807, 2.05) is 24.3 Å². The number of aromatic nitrogens is 2. The molecule has 124 valence electrons. The predicted octanol–water partition coefficient (Wildman–Crippen LogP) is 2.32. The lowest BCUT2D eigenvalue weighted by atomic mass is 10.0. The maximum absolute atomic E-state index is 12.3. The Bertz CT molecular complexity index is 930. The van der Waals surface area contributed by atoms with Crippen LogP contribution in [0.1, 0.15) is 35.5 Å². The molecule has 1 aromatic heterocycles. The molecule has 0 amide bonds. The Morgan fingerprint density at radius 3 is 2.67 bits per heavy atom. The molecule has 0 fully saturated rings. The summed E-state index contributed by atoms with van der Waals surface area (Å²) in [6, 6.07) is 14.1. The lowest BCUT2D eigenvalue weighted by molar-refractivity contribution is -0.924. The third-order valence-corrected chi connectivity index (χ3v) is 4.75. The number of aromatic amines is 1. The van der Waals surface area contributed by atoms with E-state index in [1.165, 1.54) is 21.6 Å². The zero-order chi connectivity index (χ0) is 17.3. The van der Waals surface area contributed by atoms with Gasteiger partial charge in [-0.15, -0.1) is 0 Å². The van der Waals surface area contributed by atoms with Crippen LogP contribution in [0.25, 0.3) is 10.9 Å². The Balaban J connectivity index is 1.88. The molecule has 0 spiro atoms. The van der Waals surface area contributed by atoms with E-state index in [0.29, 0.717) is 5.39 Å². The number of aryl methyl sites for hydroxylation is 2. The highest BCUT2D eigenvalue weighted by molar-refractivity contribution is 5.77. The molecule has 0 saturated carbocycles. The summed E-state index contributed by atoms with van der Waals surface area (Å²) in [5, 5.41) is 0.639. The van der Waals surface area contributed by atoms with Crippen LogP contribution in [0.4, 0.5) is 0 Å². The normalized spacial score (nSPS) is 13.8. The Morgan fingerprint density at radius 2 is 1.92 bits per heavy atom. The quantitative estimate of drug-likeness (QED) is 0.774. The number of fused-ring (bicyclic) bond motifs is 1. The first-order valence-electron chi connectivity index (χ1n) is 8.33. The second kappa shape index (κ2) is 6.57. The molecule has 4 nitrogen and oxygen atoms in total. The van der Waals surface area contributed by atoms with E-state index < -0.39 is 0 Å². The number of nitrogens with zero attached hydrogens (tertiary/aromatic N) is 1. The van der Waals surface area contributed by atoms with Crippen LogP contribution in [-0.2, 0) is 6.54 Å². The first kappa shape index (κ1) is 16.4. The summed E-state index contributed by atoms with van der Waals surface area (Å²) in [6.07, 6.45) is 0. The van der Waals surface area contributed by atoms with Crippen molar-refractivity contribution in [1.29, 1.82) is 0 Å². The molecule has 2 atom stereocenters. The Hall–Kier alpha value is -2.46. The summed E-state index contributed by atoms with van der Waals surface area (Å²) >= 11 is 0. The van der Waals surface area contributed by atoms with Crippen molar-refractivity contribution in [3.8, 4) is 0 Å². The number of rotatable bonds is 4. The number of hydrogen-bond donors (Lipinski definition) is 2. The summed E-state index contributed by atoms with van der Waals surface area (Å²) in [7, 11) is 2.14. The predicted molar refractivity (Wildman–Crippen MR) is 97.3 cm³/mol. The van der Waals surface area contributed by atoms with Crippen LogP contribution in [0.2, 0.25) is 0 Å². The van der Waals surface area contributed by atoms with E-state index in [9.17, 15) is 4.79 Å². The average Bonchev–Trinajstić information content (AvgIpc) is 2.56. The second-order valence-electron chi connectivity index (χ2n) is 6.64. The molecular weight excluding hydrogens is 298 g/mol. The molecule has 1 heterocycles. The van der Waals surface area contributed by atoms with Gasteiger partial charge in [0.1, 0.15) is 12.6 Å². The number of para-hydroxylation sites is 1. The number of quaternary nitrogens is 1. The van der Waals surface area contributed by atoms with E-state index in [-0.39, 0.29) is 11.6 Å². The Kier molecular flexibility index (Phi) is 4.49. The van der Waals surface area contributed by atoms with Gasteiger partial charge in [-0.2, -0.15) is 0 Å². The highest BCUT2D eigenvalue weighted by atomic mass is 16.1. The Labute approximate surface area is 142 Å². The van der Waals surface area contributed by atoms with Gasteiger partial charge in [-0.3, -0.25) is 4.79 Å². The minimum absolute atomic E-state index is 0.0678. The molecule has 0 aliphatic rings. The van der Waals surface area contributed by atoms with Gasteiger partial charge in [0.05, 0.1) is 18.0 Å². The lowest BCUT2D eigenvalue weighted by Crippen LogP contribution is -3.07. The monoisotopic (exact) mass is 322 g/mol. The summed E-state index contributed by atoms with van der Waals surface area (Å²) in [5.74, 6) is 0.737. The SMILES string of the molecule is Cc1ccc(C[NH+](C)[C@@H](C)c2nc3ccccc3c(=O)[nH]2)c(C)c1. The van der Waals surface area contributed by atoms with Crippen molar-refractivity contribution in [3.05, 3.63) is 75.3 Å². The van der Waals surface area contributed by atoms with Gasteiger partial charge in [0.25, 0.3) is 5.56 Å². The van der Waals surface area contributed by atoms with Gasteiger partial charge in [-0.05, 0) is 38.5 Å². The van der Waals surface area contributed by atoms with Crippen LogP contribution < -0.4 is 10.5 Å². The van der Waals surface area contributed by atoms with Gasteiger partial charge in [0, 0.05) is 5.56 Å². The van der Waals surface area contributed by atoms with Crippen LogP contribution in [0.5, 0.6) is 0 Å². The molecule has 3 aromatic rings. The minimum atomic E-state index is -0.0678. The van der Waals surface area contributed by atoms with Crippen molar-refractivity contribution in [2.45, 2.75) is 33.4 Å². The minimum Gasteiger partial charge on any atom is -0.325 e. The molecule has 1 unspecified atom stereocenters. The molecule has 0 aliphatic carbocycles. The van der Waals surface area contributed by atoms with Crippen molar-refractivity contribution in [2.24, 2.45) is 0 Å². The maximum Gasteiger partial charge on any atom is 0.258 e. The fraction of sp³-hybridized carbons (Fsp3) is 0.300. The largest absolute Gasteiger partial charge is 0.325 e. The summed E-state index contributed by atoms with van der Waals surface area (Å²) < 4.78 is 0. The number of nitrogens with one attached hydrogen (secondary N) is 2. The zero-order valence-corrected chi connectivity index (χ0v) is 14.7. The molecule has 0 aliphatic heterocycles. The van der Waals surface area contributed by atoms with Crippen molar-refractivity contribution < 1.29 is 4.90 Å². The van der Waals surface area contributed by atoms with Gasteiger partial charge in [-0.25, -0.2) is 4.98 Å². The fourth-order valence-electron chi connectivity index (χ4n) is 3.04. The van der Waals surface area contributed by atoms with E-state index in [0.717, 1.165) is 17.9 Å². The van der Waals surface area contributed by atoms with Gasteiger partial charge in [-0.1, -0.05) is 35.9 Å². The van der Waals surface area contributed by atoms with Crippen molar-refractivity contribution in [1.82, 2.24) is 9.97 Å². The lowest BCUT2D eigenvalue weighted by Gasteiger charge is -2.22. The summed E-state index contributed by atoms with van der Waals surface area (Å²) in [4.78, 5) is 21.2. The standard InChI is InChI=1S/C20H23N3O/c1-13-9-10-16(14(2)11-13)12-23(4)15(3)19-21-18-8-6-5-7-17(18)20(24)22-19/h5-11,15H,12H2,1-4H3,(H,21,22,24)/p+1/t15-/m0/s1. The fourth-order valence-corrected chi connectivity index (χ4v) is 3.04. The molecule has 0 bridgehead atoms. The summed E-state index contributed by atoms with van der Waals surface area (Å²) in [5.41, 5.74) is 4.60. The first-order chi connectivity index (χ1) is 11.5. The maximum atomic E-state index is 12.3. The zero-order valence-electron chi connectivity index (χ0n) is 14.7. The van der Waals surface area contributed by atoms with Crippen LogP contribution in [-0.4, -0.2) is 17.0 Å². The third-order valence-electron chi connectivity index (χ3n) is 4.75. The van der Waals surface area contributed by atoms with Gasteiger partial charge in [0.15, 0.2) is 5.82 Å². The van der Waals surface area contributed by atoms with Crippen LogP contribution >= 0.6 is 0 Å². The highest BCUT2D eigenvalue weighted by Gasteiger charge is 2.20. The first-order valence-corrected chi connectivity index (χ1v) is 8.33. The molecule has 0 saturated heterocycles. The molecule has 0 radical (unpaired) electrons. The Morgan fingerprint density at radius 1 is 1.17 bits per heavy atom. The molecular formula is C20H24N3O+. The third kappa shape index (κ3) is 3.24. The van der Waals surface area contributed by atoms with Crippen molar-refractivity contribution in [3.63, 3.8) is 0 Å².